The molecule has 2 aromatic rings. The highest BCUT2D eigenvalue weighted by Crippen LogP contribution is 2.12. The lowest BCUT2D eigenvalue weighted by Gasteiger charge is -2.03. The Balaban J connectivity index is 1.92. The summed E-state index contributed by atoms with van der Waals surface area (Å²) in [6, 6.07) is 5.68. The third-order valence-electron chi connectivity index (χ3n) is 2.59. The maximum atomic E-state index is 11.0. The minimum absolute atomic E-state index is 0.217. The number of rotatable bonds is 6. The first-order chi connectivity index (χ1) is 8.29. The number of oxazole rings is 1. The third kappa shape index (κ3) is 3.18. The molecule has 0 saturated heterocycles. The van der Waals surface area contributed by atoms with Crippen LogP contribution in [-0.4, -0.2) is 29.8 Å². The lowest BCUT2D eigenvalue weighted by Crippen LogP contribution is -2.19. The summed E-state index contributed by atoms with van der Waals surface area (Å²) in [6.07, 6.45) is 1.66. The second kappa shape index (κ2) is 5.65. The van der Waals surface area contributed by atoms with Gasteiger partial charge in [-0.15, -0.1) is 0 Å². The molecule has 0 bridgehead atoms. The van der Waals surface area contributed by atoms with Gasteiger partial charge in [0, 0.05) is 6.61 Å². The van der Waals surface area contributed by atoms with Crippen LogP contribution in [0.2, 0.25) is 0 Å². The van der Waals surface area contributed by atoms with Crippen molar-refractivity contribution in [3.8, 4) is 0 Å². The Labute approximate surface area is 98.5 Å². The van der Waals surface area contributed by atoms with Crippen molar-refractivity contribution < 1.29 is 9.52 Å². The number of nitrogens with one attached hydrogen (secondary N) is 2. The number of hydrogen-bond donors (Lipinski definition) is 3. The maximum absolute atomic E-state index is 11.0. The molecule has 0 saturated carbocycles. The molecule has 0 aliphatic heterocycles. The van der Waals surface area contributed by atoms with Crippen LogP contribution in [0, 0.1) is 0 Å². The van der Waals surface area contributed by atoms with E-state index in [1.54, 1.807) is 6.07 Å². The average molecular weight is 236 g/mol. The third-order valence-corrected chi connectivity index (χ3v) is 2.59. The van der Waals surface area contributed by atoms with Crippen LogP contribution in [0.5, 0.6) is 0 Å². The van der Waals surface area contributed by atoms with E-state index in [1.807, 2.05) is 12.1 Å². The van der Waals surface area contributed by atoms with Crippen LogP contribution in [0.1, 0.15) is 12.0 Å². The van der Waals surface area contributed by atoms with E-state index in [9.17, 15) is 4.79 Å². The summed E-state index contributed by atoms with van der Waals surface area (Å²) in [5.41, 5.74) is 2.47. The molecule has 5 nitrogen and oxygen atoms in total. The van der Waals surface area contributed by atoms with E-state index in [4.69, 9.17) is 9.52 Å². The highest BCUT2D eigenvalue weighted by atomic mass is 16.4. The monoisotopic (exact) mass is 236 g/mol. The van der Waals surface area contributed by atoms with Crippen molar-refractivity contribution in [2.75, 3.05) is 19.7 Å². The summed E-state index contributed by atoms with van der Waals surface area (Å²) in [5.74, 6) is -0.418. The van der Waals surface area contributed by atoms with Gasteiger partial charge in [-0.05, 0) is 43.6 Å². The van der Waals surface area contributed by atoms with Crippen molar-refractivity contribution in [1.29, 1.82) is 0 Å². The van der Waals surface area contributed by atoms with Gasteiger partial charge in [0.05, 0.1) is 5.52 Å². The fourth-order valence-corrected chi connectivity index (χ4v) is 1.72. The predicted molar refractivity (Wildman–Crippen MR) is 65.1 cm³/mol. The second-order valence-electron chi connectivity index (χ2n) is 3.92. The molecule has 2 rings (SSSR count). The Hall–Kier alpha value is -1.59. The zero-order valence-electron chi connectivity index (χ0n) is 9.53. The quantitative estimate of drug-likeness (QED) is 0.643. The van der Waals surface area contributed by atoms with Crippen LogP contribution in [0.4, 0.5) is 0 Å². The number of aromatic nitrogens is 1. The summed E-state index contributed by atoms with van der Waals surface area (Å²) in [6.45, 7) is 1.89. The molecule has 92 valence electrons. The highest BCUT2D eigenvalue weighted by Gasteiger charge is 2.01. The predicted octanol–water partition coefficient (Wildman–Crippen LogP) is 0.636. The van der Waals surface area contributed by atoms with Crippen molar-refractivity contribution >= 4 is 11.1 Å². The van der Waals surface area contributed by atoms with Gasteiger partial charge in [-0.1, -0.05) is 6.07 Å². The lowest BCUT2D eigenvalue weighted by atomic mass is 10.1. The molecule has 0 fully saturated rings. The van der Waals surface area contributed by atoms with Gasteiger partial charge in [0.15, 0.2) is 5.58 Å². The highest BCUT2D eigenvalue weighted by molar-refractivity contribution is 5.72. The van der Waals surface area contributed by atoms with Crippen LogP contribution in [0.15, 0.2) is 27.4 Å². The molecule has 1 aromatic carbocycles. The van der Waals surface area contributed by atoms with Crippen LogP contribution < -0.4 is 11.1 Å². The molecule has 0 aliphatic rings. The zero-order valence-corrected chi connectivity index (χ0v) is 9.53. The van der Waals surface area contributed by atoms with Crippen LogP contribution in [0.3, 0.4) is 0 Å². The van der Waals surface area contributed by atoms with Gasteiger partial charge < -0.3 is 14.8 Å². The number of aliphatic hydroxyl groups is 1. The molecule has 3 N–H and O–H groups in total. The van der Waals surface area contributed by atoms with E-state index in [1.165, 1.54) is 0 Å². The number of benzene rings is 1. The molecular formula is C12H16N2O3. The fraction of sp³-hybridized carbons (Fsp3) is 0.417. The van der Waals surface area contributed by atoms with E-state index in [0.29, 0.717) is 5.58 Å². The van der Waals surface area contributed by atoms with Crippen molar-refractivity contribution in [2.45, 2.75) is 12.8 Å². The van der Waals surface area contributed by atoms with Crippen LogP contribution >= 0.6 is 0 Å². The smallest absolute Gasteiger partial charge is 0.408 e. The van der Waals surface area contributed by atoms with Gasteiger partial charge in [-0.2, -0.15) is 0 Å². The van der Waals surface area contributed by atoms with Crippen molar-refractivity contribution in [3.63, 3.8) is 0 Å². The summed E-state index contributed by atoms with van der Waals surface area (Å²) in [5, 5.41) is 11.9. The molecule has 0 aliphatic carbocycles. The number of H-pyrrole nitrogens is 1. The molecule has 0 amide bonds. The van der Waals surface area contributed by atoms with Gasteiger partial charge >= 0.3 is 5.76 Å². The number of aliphatic hydroxyl groups excluding tert-OH is 1. The topological polar surface area (TPSA) is 78.3 Å². The largest absolute Gasteiger partial charge is 0.417 e. The van der Waals surface area contributed by atoms with Crippen molar-refractivity contribution in [2.24, 2.45) is 0 Å². The minimum atomic E-state index is -0.418. The van der Waals surface area contributed by atoms with Gasteiger partial charge in [0.2, 0.25) is 0 Å². The number of hydrogen-bond acceptors (Lipinski definition) is 4. The maximum Gasteiger partial charge on any atom is 0.417 e. The molecule has 0 radical (unpaired) electrons. The first-order valence-corrected chi connectivity index (χ1v) is 5.73. The minimum Gasteiger partial charge on any atom is -0.408 e. The Bertz CT molecular complexity index is 530. The summed E-state index contributed by atoms with van der Waals surface area (Å²) >= 11 is 0. The summed E-state index contributed by atoms with van der Waals surface area (Å²) in [7, 11) is 0. The number of aromatic amines is 1. The van der Waals surface area contributed by atoms with Gasteiger partial charge in [-0.3, -0.25) is 4.98 Å². The molecule has 17 heavy (non-hydrogen) atoms. The molecule has 0 atom stereocenters. The van der Waals surface area contributed by atoms with E-state index < -0.39 is 5.76 Å². The van der Waals surface area contributed by atoms with Crippen LogP contribution in [-0.2, 0) is 6.42 Å². The van der Waals surface area contributed by atoms with Gasteiger partial charge in [0.25, 0.3) is 0 Å². The van der Waals surface area contributed by atoms with Gasteiger partial charge in [-0.25, -0.2) is 4.79 Å². The van der Waals surface area contributed by atoms with Crippen molar-refractivity contribution in [1.82, 2.24) is 10.3 Å². The molecular weight excluding hydrogens is 220 g/mol. The second-order valence-corrected chi connectivity index (χ2v) is 3.92. The van der Waals surface area contributed by atoms with E-state index >= 15 is 0 Å². The Morgan fingerprint density at radius 3 is 3.06 bits per heavy atom. The number of fused-ring (bicyclic) bond motifs is 1. The molecule has 5 heteroatoms. The standard InChI is InChI=1S/C12H16N2O3/c15-7-1-5-13-6-4-9-2-3-11-10(8-9)14-12(16)17-11/h2-3,8,13,15H,1,4-7H2,(H,14,16). The summed E-state index contributed by atoms with van der Waals surface area (Å²) < 4.78 is 4.93. The average Bonchev–Trinajstić information content (AvgIpc) is 2.68. The van der Waals surface area contributed by atoms with Crippen LogP contribution in [0.25, 0.3) is 11.1 Å². The first-order valence-electron chi connectivity index (χ1n) is 5.73. The Kier molecular flexibility index (Phi) is 3.95. The molecule has 0 spiro atoms. The van der Waals surface area contributed by atoms with E-state index in [-0.39, 0.29) is 6.61 Å². The van der Waals surface area contributed by atoms with Gasteiger partial charge in [0.1, 0.15) is 0 Å². The summed E-state index contributed by atoms with van der Waals surface area (Å²) in [4.78, 5) is 13.6. The first kappa shape index (κ1) is 11.9. The van der Waals surface area contributed by atoms with E-state index in [2.05, 4.69) is 10.3 Å². The Morgan fingerprint density at radius 2 is 2.24 bits per heavy atom. The zero-order chi connectivity index (χ0) is 12.1. The fourth-order valence-electron chi connectivity index (χ4n) is 1.72. The SMILES string of the molecule is O=c1[nH]c2cc(CCNCCCO)ccc2o1. The normalized spacial score (nSPS) is 11.1. The Morgan fingerprint density at radius 1 is 1.35 bits per heavy atom. The molecule has 0 unspecified atom stereocenters. The van der Waals surface area contributed by atoms with Crippen molar-refractivity contribution in [3.05, 3.63) is 34.3 Å². The molecule has 1 heterocycles. The lowest BCUT2D eigenvalue weighted by molar-refractivity contribution is 0.286. The van der Waals surface area contributed by atoms with E-state index in [0.717, 1.165) is 37.0 Å². The molecule has 1 aromatic heterocycles.